The highest BCUT2D eigenvalue weighted by molar-refractivity contribution is 5.74. The maximum atomic E-state index is 11.6. The topological polar surface area (TPSA) is 82.1 Å². The van der Waals surface area contributed by atoms with Gasteiger partial charge in [0.05, 0.1) is 5.69 Å². The third kappa shape index (κ3) is 3.78. The number of phenols is 1. The molecule has 1 aromatic carbocycles. The van der Waals surface area contributed by atoms with Crippen LogP contribution < -0.4 is 10.5 Å². The molecule has 2 aromatic heterocycles. The number of fused-ring (bicyclic) bond motifs is 2. The fourth-order valence-corrected chi connectivity index (χ4v) is 6.04. The SMILES string of the molecule is CN(c1ccc(-c2ccc(-c3cc[nH]c(=O)c3)cc2O)nn1)[C@H]1C[C@]2(C)CC[C@](C)(C1)C2. The number of nitrogens with one attached hydrogen (secondary N) is 1. The number of aromatic hydroxyl groups is 1. The maximum Gasteiger partial charge on any atom is 0.248 e. The Morgan fingerprint density at radius 3 is 2.34 bits per heavy atom. The molecule has 3 aromatic rings. The first-order valence-corrected chi connectivity index (χ1v) is 11.3. The molecule has 3 atom stereocenters. The van der Waals surface area contributed by atoms with Crippen LogP contribution in [0.25, 0.3) is 22.4 Å². The van der Waals surface area contributed by atoms with Crippen molar-refractivity contribution in [1.82, 2.24) is 15.2 Å². The first-order chi connectivity index (χ1) is 15.2. The van der Waals surface area contributed by atoms with Crippen molar-refractivity contribution in [3.05, 3.63) is 59.0 Å². The van der Waals surface area contributed by atoms with Gasteiger partial charge in [-0.15, -0.1) is 10.2 Å². The van der Waals surface area contributed by atoms with E-state index < -0.39 is 0 Å². The van der Waals surface area contributed by atoms with Crippen molar-refractivity contribution >= 4 is 5.82 Å². The Morgan fingerprint density at radius 1 is 1.00 bits per heavy atom. The summed E-state index contributed by atoms with van der Waals surface area (Å²) in [6.45, 7) is 4.87. The van der Waals surface area contributed by atoms with E-state index in [1.54, 1.807) is 18.3 Å². The first-order valence-electron chi connectivity index (χ1n) is 11.3. The molecule has 32 heavy (non-hydrogen) atoms. The molecular formula is C26H30N4O2. The van der Waals surface area contributed by atoms with Crippen molar-refractivity contribution in [1.29, 1.82) is 0 Å². The second-order valence-electron chi connectivity index (χ2n) is 10.4. The van der Waals surface area contributed by atoms with E-state index in [1.165, 1.54) is 38.2 Å². The number of benzene rings is 1. The number of pyridine rings is 1. The smallest absolute Gasteiger partial charge is 0.248 e. The van der Waals surface area contributed by atoms with Crippen molar-refractivity contribution in [2.75, 3.05) is 11.9 Å². The van der Waals surface area contributed by atoms with Gasteiger partial charge in [0.25, 0.3) is 0 Å². The van der Waals surface area contributed by atoms with Gasteiger partial charge in [0.2, 0.25) is 5.56 Å². The number of hydrogen-bond donors (Lipinski definition) is 2. The van der Waals surface area contributed by atoms with Gasteiger partial charge in [0, 0.05) is 30.9 Å². The zero-order valence-electron chi connectivity index (χ0n) is 18.9. The fraction of sp³-hybridized carbons (Fsp3) is 0.423. The highest BCUT2D eigenvalue weighted by atomic mass is 16.3. The van der Waals surface area contributed by atoms with Gasteiger partial charge in [-0.25, -0.2) is 0 Å². The summed E-state index contributed by atoms with van der Waals surface area (Å²) in [5.41, 5.74) is 3.48. The molecule has 2 heterocycles. The minimum atomic E-state index is -0.175. The molecule has 0 amide bonds. The molecule has 2 aliphatic rings. The second kappa shape index (κ2) is 7.47. The van der Waals surface area contributed by atoms with Crippen LogP contribution in [-0.2, 0) is 0 Å². The number of aromatic nitrogens is 3. The van der Waals surface area contributed by atoms with E-state index >= 15 is 0 Å². The summed E-state index contributed by atoms with van der Waals surface area (Å²) in [4.78, 5) is 16.5. The van der Waals surface area contributed by atoms with Crippen molar-refractivity contribution in [3.8, 4) is 28.1 Å². The number of phenolic OH excluding ortho intramolecular Hbond substituents is 1. The van der Waals surface area contributed by atoms with Gasteiger partial charge in [-0.1, -0.05) is 19.9 Å². The highest BCUT2D eigenvalue weighted by Crippen LogP contribution is 2.58. The van der Waals surface area contributed by atoms with E-state index in [9.17, 15) is 9.90 Å². The van der Waals surface area contributed by atoms with Gasteiger partial charge in [-0.3, -0.25) is 4.79 Å². The molecule has 0 spiro atoms. The summed E-state index contributed by atoms with van der Waals surface area (Å²) in [7, 11) is 2.12. The van der Waals surface area contributed by atoms with Crippen LogP contribution in [0.1, 0.15) is 46.0 Å². The van der Waals surface area contributed by atoms with E-state index in [1.807, 2.05) is 24.3 Å². The van der Waals surface area contributed by atoms with Crippen LogP contribution in [0.3, 0.4) is 0 Å². The molecule has 2 bridgehead atoms. The summed E-state index contributed by atoms with van der Waals surface area (Å²) in [5, 5.41) is 19.5. The van der Waals surface area contributed by atoms with Crippen molar-refractivity contribution in [2.24, 2.45) is 10.8 Å². The van der Waals surface area contributed by atoms with E-state index in [0.29, 0.717) is 28.1 Å². The lowest BCUT2D eigenvalue weighted by Gasteiger charge is -2.44. The summed E-state index contributed by atoms with van der Waals surface area (Å²) in [6.07, 6.45) is 7.99. The lowest BCUT2D eigenvalue weighted by molar-refractivity contribution is 0.148. The molecule has 166 valence electrons. The van der Waals surface area contributed by atoms with Gasteiger partial charge in [0.1, 0.15) is 5.75 Å². The lowest BCUT2D eigenvalue weighted by Crippen LogP contribution is -2.42. The Hall–Kier alpha value is -3.15. The summed E-state index contributed by atoms with van der Waals surface area (Å²) >= 11 is 0. The maximum absolute atomic E-state index is 11.6. The molecule has 2 aliphatic carbocycles. The zero-order valence-corrected chi connectivity index (χ0v) is 18.9. The van der Waals surface area contributed by atoms with Gasteiger partial charge in [-0.05, 0) is 84.4 Å². The number of nitrogens with zero attached hydrogens (tertiary/aromatic N) is 3. The Morgan fingerprint density at radius 2 is 1.72 bits per heavy atom. The highest BCUT2D eigenvalue weighted by Gasteiger charge is 2.49. The van der Waals surface area contributed by atoms with Crippen LogP contribution in [0.4, 0.5) is 5.82 Å². The van der Waals surface area contributed by atoms with Gasteiger partial charge >= 0.3 is 0 Å². The number of hydrogen-bond acceptors (Lipinski definition) is 5. The quantitative estimate of drug-likeness (QED) is 0.609. The predicted molar refractivity (Wildman–Crippen MR) is 127 cm³/mol. The summed E-state index contributed by atoms with van der Waals surface area (Å²) in [6, 6.07) is 13.1. The molecule has 6 nitrogen and oxygen atoms in total. The normalized spacial score (nSPS) is 26.8. The third-order valence-electron chi connectivity index (χ3n) is 7.58. The predicted octanol–water partition coefficient (Wildman–Crippen LogP) is 5.00. The van der Waals surface area contributed by atoms with Crippen LogP contribution in [0.15, 0.2) is 53.5 Å². The van der Waals surface area contributed by atoms with E-state index in [0.717, 1.165) is 16.9 Å². The monoisotopic (exact) mass is 430 g/mol. The minimum Gasteiger partial charge on any atom is -0.507 e. The molecule has 0 saturated heterocycles. The molecule has 2 N–H and O–H groups in total. The van der Waals surface area contributed by atoms with Crippen molar-refractivity contribution in [2.45, 2.75) is 52.0 Å². The Balaban J connectivity index is 1.36. The van der Waals surface area contributed by atoms with E-state index in [4.69, 9.17) is 0 Å². The minimum absolute atomic E-state index is 0.114. The number of rotatable bonds is 4. The molecule has 0 radical (unpaired) electrons. The standard InChI is InChI=1S/C26H30N4O2/c1-25-9-10-26(2,16-25)15-19(14-25)30(3)23-7-6-21(28-29-23)20-5-4-17(12-22(20)31)18-8-11-27-24(32)13-18/h4-8,11-13,19,31H,9-10,14-16H2,1-3H3,(H,27,32)/t19-,25-,26+. The van der Waals surface area contributed by atoms with Crippen LogP contribution in [-0.4, -0.2) is 33.4 Å². The average Bonchev–Trinajstić information content (AvgIpc) is 3.00. The molecule has 2 saturated carbocycles. The lowest BCUT2D eigenvalue weighted by atomic mass is 9.68. The average molecular weight is 431 g/mol. The number of H-pyrrole nitrogens is 1. The van der Waals surface area contributed by atoms with Crippen molar-refractivity contribution < 1.29 is 5.11 Å². The van der Waals surface area contributed by atoms with Gasteiger partial charge in [0.15, 0.2) is 5.82 Å². The largest absolute Gasteiger partial charge is 0.507 e. The van der Waals surface area contributed by atoms with E-state index in [2.05, 4.69) is 41.0 Å². The Labute approximate surface area is 188 Å². The van der Waals surface area contributed by atoms with Crippen LogP contribution in [0, 0.1) is 10.8 Å². The Bertz CT molecular complexity index is 1190. The molecule has 6 heteroatoms. The molecule has 2 fully saturated rings. The van der Waals surface area contributed by atoms with Crippen LogP contribution in [0.5, 0.6) is 5.75 Å². The first kappa shape index (κ1) is 20.7. The molecule has 0 unspecified atom stereocenters. The molecule has 0 aliphatic heterocycles. The third-order valence-corrected chi connectivity index (χ3v) is 7.58. The van der Waals surface area contributed by atoms with Crippen LogP contribution in [0.2, 0.25) is 0 Å². The van der Waals surface area contributed by atoms with Crippen molar-refractivity contribution in [3.63, 3.8) is 0 Å². The van der Waals surface area contributed by atoms with Crippen LogP contribution >= 0.6 is 0 Å². The van der Waals surface area contributed by atoms with E-state index in [-0.39, 0.29) is 11.3 Å². The molecule has 5 rings (SSSR count). The molecular weight excluding hydrogens is 400 g/mol. The Kier molecular flexibility index (Phi) is 4.84. The summed E-state index contributed by atoms with van der Waals surface area (Å²) < 4.78 is 0. The number of aromatic amines is 1. The fourth-order valence-electron chi connectivity index (χ4n) is 6.04. The summed E-state index contributed by atoms with van der Waals surface area (Å²) in [5.74, 6) is 0.981. The van der Waals surface area contributed by atoms with Gasteiger partial charge < -0.3 is 15.0 Å². The zero-order chi connectivity index (χ0) is 22.5. The van der Waals surface area contributed by atoms with Gasteiger partial charge in [-0.2, -0.15) is 0 Å². The number of anilines is 1. The second-order valence-corrected chi connectivity index (χ2v) is 10.4.